The molecule has 0 amide bonds. The largest absolute Gasteiger partial charge is 0.466 e. The number of hydrogen-bond donors (Lipinski definition) is 0. The van der Waals surface area contributed by atoms with Crippen LogP contribution >= 0.6 is 0 Å². The van der Waals surface area contributed by atoms with Crippen LogP contribution in [0, 0.1) is 5.92 Å². The molecule has 0 spiro atoms. The Balaban J connectivity index is 3.29. The van der Waals surface area contributed by atoms with Gasteiger partial charge in [-0.25, -0.2) is 0 Å². The zero-order valence-corrected chi connectivity index (χ0v) is 11.3. The molecule has 3 heteroatoms. The Bertz CT molecular complexity index is 181. The Kier molecular flexibility index (Phi) is 9.30. The van der Waals surface area contributed by atoms with Crippen molar-refractivity contribution >= 4 is 5.97 Å². The summed E-state index contributed by atoms with van der Waals surface area (Å²) in [6, 6.07) is 0. The van der Waals surface area contributed by atoms with Crippen molar-refractivity contribution in [3.05, 3.63) is 0 Å². The second-order valence-corrected chi connectivity index (χ2v) is 4.77. The van der Waals surface area contributed by atoms with E-state index in [4.69, 9.17) is 4.74 Å². The van der Waals surface area contributed by atoms with Crippen LogP contribution in [0.3, 0.4) is 0 Å². The maximum Gasteiger partial charge on any atom is 0.305 e. The highest BCUT2D eigenvalue weighted by atomic mass is 16.5. The molecule has 0 aromatic carbocycles. The topological polar surface area (TPSA) is 29.5 Å². The second-order valence-electron chi connectivity index (χ2n) is 4.77. The lowest BCUT2D eigenvalue weighted by Gasteiger charge is -2.18. The third kappa shape index (κ3) is 9.97. The molecule has 0 N–H and O–H groups in total. The maximum atomic E-state index is 11.1. The monoisotopic (exact) mass is 229 g/mol. The predicted molar refractivity (Wildman–Crippen MR) is 67.4 cm³/mol. The number of unbranched alkanes of at least 4 members (excludes halogenated alkanes) is 2. The normalized spacial score (nSPS) is 11.1. The summed E-state index contributed by atoms with van der Waals surface area (Å²) in [4.78, 5) is 13.4. The van der Waals surface area contributed by atoms with Gasteiger partial charge < -0.3 is 9.64 Å². The van der Waals surface area contributed by atoms with Crippen LogP contribution in [0.1, 0.15) is 46.5 Å². The average Bonchev–Trinajstić information content (AvgIpc) is 2.16. The molecule has 0 saturated carbocycles. The molecule has 0 bridgehead atoms. The van der Waals surface area contributed by atoms with Gasteiger partial charge in [0.1, 0.15) is 0 Å². The van der Waals surface area contributed by atoms with E-state index >= 15 is 0 Å². The van der Waals surface area contributed by atoms with Gasteiger partial charge in [-0.1, -0.05) is 20.3 Å². The number of carbonyl (C=O) groups excluding carboxylic acids is 1. The molecule has 96 valence electrons. The van der Waals surface area contributed by atoms with E-state index in [1.165, 1.54) is 6.42 Å². The Morgan fingerprint density at radius 3 is 2.50 bits per heavy atom. The van der Waals surface area contributed by atoms with E-state index in [0.717, 1.165) is 31.8 Å². The lowest BCUT2D eigenvalue weighted by Crippen LogP contribution is -2.24. The average molecular weight is 229 g/mol. The van der Waals surface area contributed by atoms with E-state index in [1.807, 2.05) is 6.92 Å². The van der Waals surface area contributed by atoms with Crippen LogP contribution in [-0.4, -0.2) is 37.6 Å². The molecule has 0 rings (SSSR count). The summed E-state index contributed by atoms with van der Waals surface area (Å²) >= 11 is 0. The van der Waals surface area contributed by atoms with Gasteiger partial charge in [0, 0.05) is 13.0 Å². The summed E-state index contributed by atoms with van der Waals surface area (Å²) in [5.74, 6) is 0.669. The summed E-state index contributed by atoms with van der Waals surface area (Å²) in [7, 11) is 2.16. The highest BCUT2D eigenvalue weighted by Crippen LogP contribution is 2.04. The van der Waals surface area contributed by atoms with Crippen molar-refractivity contribution in [3.8, 4) is 0 Å². The fourth-order valence-electron chi connectivity index (χ4n) is 1.78. The number of rotatable bonds is 9. The SMILES string of the molecule is CCOC(=O)CCCCCN(C)CC(C)C. The molecule has 0 aromatic rings. The van der Waals surface area contributed by atoms with Crippen molar-refractivity contribution < 1.29 is 9.53 Å². The van der Waals surface area contributed by atoms with Crippen LogP contribution in [0.4, 0.5) is 0 Å². The Morgan fingerprint density at radius 2 is 1.94 bits per heavy atom. The molecule has 0 aliphatic heterocycles. The van der Waals surface area contributed by atoms with Gasteiger partial charge >= 0.3 is 5.97 Å². The van der Waals surface area contributed by atoms with Crippen molar-refractivity contribution in [2.75, 3.05) is 26.7 Å². The smallest absolute Gasteiger partial charge is 0.305 e. The van der Waals surface area contributed by atoms with Gasteiger partial charge in [-0.05, 0) is 39.3 Å². The highest BCUT2D eigenvalue weighted by molar-refractivity contribution is 5.69. The number of esters is 1. The Hall–Kier alpha value is -0.570. The first-order valence-electron chi connectivity index (χ1n) is 6.40. The lowest BCUT2D eigenvalue weighted by molar-refractivity contribution is -0.143. The molecule has 0 radical (unpaired) electrons. The van der Waals surface area contributed by atoms with Gasteiger partial charge in [-0.2, -0.15) is 0 Å². The molecule has 0 atom stereocenters. The zero-order chi connectivity index (χ0) is 12.4. The number of hydrogen-bond acceptors (Lipinski definition) is 3. The molecule has 0 unspecified atom stereocenters. The van der Waals surface area contributed by atoms with E-state index in [0.29, 0.717) is 13.0 Å². The van der Waals surface area contributed by atoms with Crippen molar-refractivity contribution in [2.45, 2.75) is 46.5 Å². The first-order valence-corrected chi connectivity index (χ1v) is 6.40. The molecule has 3 nitrogen and oxygen atoms in total. The molecule has 0 aliphatic carbocycles. The van der Waals surface area contributed by atoms with Crippen molar-refractivity contribution in [2.24, 2.45) is 5.92 Å². The minimum atomic E-state index is -0.0574. The molecule has 0 heterocycles. The molecule has 16 heavy (non-hydrogen) atoms. The molecule has 0 saturated heterocycles. The summed E-state index contributed by atoms with van der Waals surface area (Å²) in [5, 5.41) is 0. The van der Waals surface area contributed by atoms with Crippen LogP contribution in [0.25, 0.3) is 0 Å². The fraction of sp³-hybridized carbons (Fsp3) is 0.923. The van der Waals surface area contributed by atoms with Crippen LogP contribution < -0.4 is 0 Å². The number of ether oxygens (including phenoxy) is 1. The summed E-state index contributed by atoms with van der Waals surface area (Å²) in [6.07, 6.45) is 3.81. The number of nitrogens with zero attached hydrogens (tertiary/aromatic N) is 1. The van der Waals surface area contributed by atoms with Crippen LogP contribution in [0.15, 0.2) is 0 Å². The fourth-order valence-corrected chi connectivity index (χ4v) is 1.78. The maximum absolute atomic E-state index is 11.1. The minimum Gasteiger partial charge on any atom is -0.466 e. The predicted octanol–water partition coefficient (Wildman–Crippen LogP) is 2.70. The molecular formula is C13H27NO2. The Morgan fingerprint density at radius 1 is 1.25 bits per heavy atom. The van der Waals surface area contributed by atoms with E-state index < -0.39 is 0 Å². The van der Waals surface area contributed by atoms with Gasteiger partial charge in [-0.3, -0.25) is 4.79 Å². The third-order valence-corrected chi connectivity index (χ3v) is 2.40. The van der Waals surface area contributed by atoms with Gasteiger partial charge in [-0.15, -0.1) is 0 Å². The first kappa shape index (κ1) is 15.4. The molecule has 0 aromatic heterocycles. The highest BCUT2D eigenvalue weighted by Gasteiger charge is 2.03. The standard InChI is InChI=1S/C13H27NO2/c1-5-16-13(15)9-7-6-8-10-14(4)11-12(2)3/h12H,5-11H2,1-4H3. The summed E-state index contributed by atoms with van der Waals surface area (Å²) in [6.45, 7) is 9.09. The van der Waals surface area contributed by atoms with Crippen LogP contribution in [-0.2, 0) is 9.53 Å². The second kappa shape index (κ2) is 9.64. The zero-order valence-electron chi connectivity index (χ0n) is 11.3. The molecule has 0 fully saturated rings. The van der Waals surface area contributed by atoms with Crippen molar-refractivity contribution in [1.82, 2.24) is 4.90 Å². The van der Waals surface area contributed by atoms with Crippen molar-refractivity contribution in [3.63, 3.8) is 0 Å². The van der Waals surface area contributed by atoms with Gasteiger partial charge in [0.2, 0.25) is 0 Å². The van der Waals surface area contributed by atoms with Crippen molar-refractivity contribution in [1.29, 1.82) is 0 Å². The van der Waals surface area contributed by atoms with Crippen LogP contribution in [0.5, 0.6) is 0 Å². The van der Waals surface area contributed by atoms with E-state index in [2.05, 4.69) is 25.8 Å². The summed E-state index contributed by atoms with van der Waals surface area (Å²) < 4.78 is 4.87. The van der Waals surface area contributed by atoms with Gasteiger partial charge in [0.25, 0.3) is 0 Å². The van der Waals surface area contributed by atoms with E-state index in [1.54, 1.807) is 0 Å². The summed E-state index contributed by atoms with van der Waals surface area (Å²) in [5.41, 5.74) is 0. The number of carbonyl (C=O) groups is 1. The van der Waals surface area contributed by atoms with Gasteiger partial charge in [0.05, 0.1) is 6.61 Å². The van der Waals surface area contributed by atoms with Crippen LogP contribution in [0.2, 0.25) is 0 Å². The third-order valence-electron chi connectivity index (χ3n) is 2.40. The quantitative estimate of drug-likeness (QED) is 0.450. The lowest BCUT2D eigenvalue weighted by atomic mass is 10.1. The van der Waals surface area contributed by atoms with E-state index in [-0.39, 0.29) is 5.97 Å². The minimum absolute atomic E-state index is 0.0574. The van der Waals surface area contributed by atoms with Gasteiger partial charge in [0.15, 0.2) is 0 Å². The Labute approximate surface area is 100 Å². The molecular weight excluding hydrogens is 202 g/mol. The van der Waals surface area contributed by atoms with E-state index in [9.17, 15) is 4.79 Å². The molecule has 0 aliphatic rings. The first-order chi connectivity index (χ1) is 7.56.